The van der Waals surface area contributed by atoms with Crippen molar-refractivity contribution < 1.29 is 18.7 Å². The number of hydrogen-bond acceptors (Lipinski definition) is 4. The number of aryl methyl sites for hydroxylation is 2. The van der Waals surface area contributed by atoms with Crippen LogP contribution in [-0.4, -0.2) is 18.5 Å². The molecule has 1 aromatic heterocycles. The molecule has 4 nitrogen and oxygen atoms in total. The van der Waals surface area contributed by atoms with Crippen LogP contribution in [0.2, 0.25) is 0 Å². The number of esters is 1. The summed E-state index contributed by atoms with van der Waals surface area (Å²) in [6.07, 6.45) is 0. The van der Waals surface area contributed by atoms with Gasteiger partial charge in [0.05, 0.1) is 6.61 Å². The number of halogens is 1. The van der Waals surface area contributed by atoms with Crippen LogP contribution < -0.4 is 5.32 Å². The van der Waals surface area contributed by atoms with Crippen LogP contribution in [0.5, 0.6) is 0 Å². The molecule has 0 aliphatic heterocycles. The largest absolute Gasteiger partial charge is 0.462 e. The van der Waals surface area contributed by atoms with Crippen molar-refractivity contribution in [3.8, 4) is 11.1 Å². The van der Waals surface area contributed by atoms with Gasteiger partial charge in [-0.05, 0) is 61.7 Å². The molecule has 0 unspecified atom stereocenters. The predicted octanol–water partition coefficient (Wildman–Crippen LogP) is 5.60. The third-order valence-electron chi connectivity index (χ3n) is 4.42. The summed E-state index contributed by atoms with van der Waals surface area (Å²) in [7, 11) is 0. The van der Waals surface area contributed by atoms with Gasteiger partial charge in [-0.1, -0.05) is 18.2 Å². The fourth-order valence-corrected chi connectivity index (χ4v) is 3.71. The molecule has 6 heteroatoms. The molecule has 0 atom stereocenters. The zero-order valence-electron chi connectivity index (χ0n) is 15.8. The Morgan fingerprint density at radius 3 is 2.43 bits per heavy atom. The molecule has 3 rings (SSSR count). The summed E-state index contributed by atoms with van der Waals surface area (Å²) >= 11 is 1.25. The monoisotopic (exact) mass is 397 g/mol. The third kappa shape index (κ3) is 4.12. The number of hydrogen-bond donors (Lipinski definition) is 1. The van der Waals surface area contributed by atoms with Gasteiger partial charge < -0.3 is 10.1 Å². The first-order valence-corrected chi connectivity index (χ1v) is 9.71. The summed E-state index contributed by atoms with van der Waals surface area (Å²) < 4.78 is 18.3. The Labute approximate surface area is 167 Å². The molecule has 0 aliphatic carbocycles. The molecule has 1 amide bonds. The summed E-state index contributed by atoms with van der Waals surface area (Å²) in [6, 6.07) is 11.2. The van der Waals surface area contributed by atoms with Crippen LogP contribution in [-0.2, 0) is 4.74 Å². The normalized spacial score (nSPS) is 10.6. The lowest BCUT2D eigenvalue weighted by atomic mass is 9.99. The van der Waals surface area contributed by atoms with Crippen molar-refractivity contribution >= 4 is 28.2 Å². The summed E-state index contributed by atoms with van der Waals surface area (Å²) in [5, 5.41) is 4.99. The average Bonchev–Trinajstić information content (AvgIpc) is 3.08. The molecule has 28 heavy (non-hydrogen) atoms. The minimum absolute atomic E-state index is 0.229. The number of anilines is 1. The van der Waals surface area contributed by atoms with Gasteiger partial charge in [0, 0.05) is 16.5 Å². The third-order valence-corrected chi connectivity index (χ3v) is 5.32. The SMILES string of the molecule is CCOC(=O)c1c(-c2ccc(C)c(C)c2)csc1NC(=O)c1ccc(F)cc1. The lowest BCUT2D eigenvalue weighted by Gasteiger charge is -2.10. The molecule has 1 heterocycles. The highest BCUT2D eigenvalue weighted by Gasteiger charge is 2.23. The molecular formula is C22H20FNO3S. The Morgan fingerprint density at radius 2 is 1.79 bits per heavy atom. The van der Waals surface area contributed by atoms with Crippen LogP contribution in [0.1, 0.15) is 38.8 Å². The van der Waals surface area contributed by atoms with Crippen LogP contribution in [0.25, 0.3) is 11.1 Å². The number of nitrogens with one attached hydrogen (secondary N) is 1. The second-order valence-corrected chi connectivity index (χ2v) is 7.21. The van der Waals surface area contributed by atoms with Gasteiger partial charge in [0.2, 0.25) is 0 Å². The fourth-order valence-electron chi connectivity index (χ4n) is 2.75. The number of thiophene rings is 1. The van der Waals surface area contributed by atoms with Gasteiger partial charge in [0.1, 0.15) is 16.4 Å². The van der Waals surface area contributed by atoms with E-state index in [1.807, 2.05) is 37.4 Å². The van der Waals surface area contributed by atoms with E-state index in [1.165, 1.54) is 35.6 Å². The van der Waals surface area contributed by atoms with E-state index in [1.54, 1.807) is 6.92 Å². The molecule has 0 saturated heterocycles. The smallest absolute Gasteiger partial charge is 0.341 e. The highest BCUT2D eigenvalue weighted by atomic mass is 32.1. The van der Waals surface area contributed by atoms with E-state index in [-0.39, 0.29) is 6.61 Å². The van der Waals surface area contributed by atoms with E-state index in [9.17, 15) is 14.0 Å². The van der Waals surface area contributed by atoms with E-state index in [4.69, 9.17) is 4.74 Å². The van der Waals surface area contributed by atoms with Crippen molar-refractivity contribution in [2.24, 2.45) is 0 Å². The number of carbonyl (C=O) groups excluding carboxylic acids is 2. The first-order valence-electron chi connectivity index (χ1n) is 8.84. The maximum absolute atomic E-state index is 13.1. The van der Waals surface area contributed by atoms with Crippen molar-refractivity contribution in [1.29, 1.82) is 0 Å². The lowest BCUT2D eigenvalue weighted by molar-refractivity contribution is 0.0529. The van der Waals surface area contributed by atoms with Gasteiger partial charge in [-0.15, -0.1) is 11.3 Å². The van der Waals surface area contributed by atoms with Gasteiger partial charge in [0.25, 0.3) is 5.91 Å². The molecule has 2 aromatic carbocycles. The molecule has 0 fully saturated rings. The number of benzene rings is 2. The second kappa shape index (κ2) is 8.35. The van der Waals surface area contributed by atoms with Gasteiger partial charge in [0.15, 0.2) is 0 Å². The van der Waals surface area contributed by atoms with E-state index in [0.717, 1.165) is 16.7 Å². The van der Waals surface area contributed by atoms with Crippen molar-refractivity contribution in [2.75, 3.05) is 11.9 Å². The zero-order chi connectivity index (χ0) is 20.3. The predicted molar refractivity (Wildman–Crippen MR) is 110 cm³/mol. The molecule has 0 saturated carbocycles. The van der Waals surface area contributed by atoms with E-state index in [2.05, 4.69) is 5.32 Å². The van der Waals surface area contributed by atoms with Crippen LogP contribution in [0, 0.1) is 19.7 Å². The summed E-state index contributed by atoms with van der Waals surface area (Å²) in [5.41, 5.74) is 4.48. The highest BCUT2D eigenvalue weighted by Crippen LogP contribution is 2.37. The van der Waals surface area contributed by atoms with Gasteiger partial charge in [-0.2, -0.15) is 0 Å². The zero-order valence-corrected chi connectivity index (χ0v) is 16.7. The number of rotatable bonds is 5. The Bertz CT molecular complexity index is 1020. The number of carbonyl (C=O) groups is 2. The Balaban J connectivity index is 2.00. The van der Waals surface area contributed by atoms with Crippen molar-refractivity contribution in [3.05, 3.63) is 75.9 Å². The molecule has 3 aromatic rings. The highest BCUT2D eigenvalue weighted by molar-refractivity contribution is 7.15. The average molecular weight is 397 g/mol. The molecule has 0 radical (unpaired) electrons. The molecule has 0 bridgehead atoms. The first-order chi connectivity index (χ1) is 13.4. The van der Waals surface area contributed by atoms with Crippen LogP contribution in [0.4, 0.5) is 9.39 Å². The van der Waals surface area contributed by atoms with Gasteiger partial charge in [-0.3, -0.25) is 4.79 Å². The minimum Gasteiger partial charge on any atom is -0.462 e. The summed E-state index contributed by atoms with van der Waals surface area (Å²) in [5.74, 6) is -1.33. The van der Waals surface area contributed by atoms with Crippen molar-refractivity contribution in [2.45, 2.75) is 20.8 Å². The van der Waals surface area contributed by atoms with E-state index < -0.39 is 17.7 Å². The molecule has 0 spiro atoms. The quantitative estimate of drug-likeness (QED) is 0.570. The van der Waals surface area contributed by atoms with E-state index in [0.29, 0.717) is 21.7 Å². The standard InChI is InChI=1S/C22H20FNO3S/c1-4-27-22(26)19-18(16-6-5-13(2)14(3)11-16)12-28-21(19)24-20(25)15-7-9-17(23)10-8-15/h5-12H,4H2,1-3H3,(H,24,25). The fraction of sp³-hybridized carbons (Fsp3) is 0.182. The van der Waals surface area contributed by atoms with E-state index >= 15 is 0 Å². The molecular weight excluding hydrogens is 377 g/mol. The van der Waals surface area contributed by atoms with Crippen LogP contribution in [0.15, 0.2) is 47.8 Å². The van der Waals surface area contributed by atoms with Gasteiger partial charge >= 0.3 is 5.97 Å². The van der Waals surface area contributed by atoms with Crippen molar-refractivity contribution in [1.82, 2.24) is 0 Å². The van der Waals surface area contributed by atoms with Crippen LogP contribution in [0.3, 0.4) is 0 Å². The Kier molecular flexibility index (Phi) is 5.90. The Hall–Kier alpha value is -2.99. The summed E-state index contributed by atoms with van der Waals surface area (Å²) in [6.45, 7) is 5.99. The minimum atomic E-state index is -0.494. The maximum Gasteiger partial charge on any atom is 0.341 e. The maximum atomic E-state index is 13.1. The number of amides is 1. The van der Waals surface area contributed by atoms with Crippen LogP contribution >= 0.6 is 11.3 Å². The first kappa shape index (κ1) is 19.8. The molecule has 1 N–H and O–H groups in total. The van der Waals surface area contributed by atoms with Gasteiger partial charge in [-0.25, -0.2) is 9.18 Å². The summed E-state index contributed by atoms with van der Waals surface area (Å²) in [4.78, 5) is 25.1. The number of ether oxygens (including phenoxy) is 1. The molecule has 0 aliphatic rings. The molecule has 144 valence electrons. The second-order valence-electron chi connectivity index (χ2n) is 6.33. The topological polar surface area (TPSA) is 55.4 Å². The lowest BCUT2D eigenvalue weighted by Crippen LogP contribution is -2.14. The van der Waals surface area contributed by atoms with Crippen molar-refractivity contribution in [3.63, 3.8) is 0 Å². The Morgan fingerprint density at radius 1 is 1.07 bits per heavy atom.